The van der Waals surface area contributed by atoms with Gasteiger partial charge in [0.25, 0.3) is 5.91 Å². The van der Waals surface area contributed by atoms with Gasteiger partial charge in [0.05, 0.1) is 36.4 Å². The number of amides is 1. The van der Waals surface area contributed by atoms with E-state index in [-0.39, 0.29) is 5.91 Å². The molecule has 0 atom stereocenters. The van der Waals surface area contributed by atoms with E-state index in [1.165, 1.54) is 11.3 Å². The molecule has 0 saturated heterocycles. The summed E-state index contributed by atoms with van der Waals surface area (Å²) in [5.41, 5.74) is 1.33. The SMILES string of the molecule is CCOc1cc(C(=O)N(CCCn2ccnc2)c2nc3ccccc3s2)cc(OCC)c1OCC. The second kappa shape index (κ2) is 11.7. The standard InChI is InChI=1S/C26H30N4O4S/c1-4-32-21-16-19(17-22(33-5-2)24(21)34-6-3)25(31)30(14-9-13-29-15-12-27-18-29)26-28-20-10-7-8-11-23(20)35-26/h7-8,10-12,15-18H,4-6,9,13-14H2,1-3H3. The van der Waals surface area contributed by atoms with Crippen LogP contribution < -0.4 is 19.1 Å². The molecule has 1 amide bonds. The van der Waals surface area contributed by atoms with Gasteiger partial charge in [0.1, 0.15) is 0 Å². The highest BCUT2D eigenvalue weighted by Crippen LogP contribution is 2.40. The number of fused-ring (bicyclic) bond motifs is 1. The number of imidazole rings is 1. The molecule has 2 heterocycles. The van der Waals surface area contributed by atoms with E-state index in [4.69, 9.17) is 19.2 Å². The number of ether oxygens (including phenoxy) is 3. The second-order valence-electron chi connectivity index (χ2n) is 7.68. The fourth-order valence-corrected chi connectivity index (χ4v) is 4.75. The van der Waals surface area contributed by atoms with Gasteiger partial charge in [-0.2, -0.15) is 0 Å². The molecule has 0 aliphatic rings. The number of aromatic nitrogens is 3. The number of rotatable bonds is 12. The lowest BCUT2D eigenvalue weighted by atomic mass is 10.1. The third kappa shape index (κ3) is 5.74. The van der Waals surface area contributed by atoms with Crippen LogP contribution in [0.2, 0.25) is 0 Å². The van der Waals surface area contributed by atoms with Crippen LogP contribution in [0.1, 0.15) is 37.6 Å². The Bertz CT molecular complexity index is 1200. The Hall–Kier alpha value is -3.59. The average Bonchev–Trinajstić information content (AvgIpc) is 3.53. The number of carbonyl (C=O) groups is 1. The summed E-state index contributed by atoms with van der Waals surface area (Å²) in [6, 6.07) is 11.4. The summed E-state index contributed by atoms with van der Waals surface area (Å²) < 4.78 is 20.5. The van der Waals surface area contributed by atoms with E-state index < -0.39 is 0 Å². The summed E-state index contributed by atoms with van der Waals surface area (Å²) in [4.78, 5) is 24.5. The molecule has 0 radical (unpaired) electrons. The summed E-state index contributed by atoms with van der Waals surface area (Å²) in [5.74, 6) is 1.33. The molecule has 0 aliphatic carbocycles. The van der Waals surface area contributed by atoms with Gasteiger partial charge in [-0.25, -0.2) is 9.97 Å². The van der Waals surface area contributed by atoms with Crippen molar-refractivity contribution in [3.8, 4) is 17.2 Å². The Morgan fingerprint density at radius 2 is 1.74 bits per heavy atom. The Morgan fingerprint density at radius 3 is 2.37 bits per heavy atom. The number of aryl methyl sites for hydroxylation is 1. The first kappa shape index (κ1) is 24.5. The van der Waals surface area contributed by atoms with Crippen LogP contribution in [0.4, 0.5) is 5.13 Å². The van der Waals surface area contributed by atoms with Crippen LogP contribution in [0.25, 0.3) is 10.2 Å². The minimum Gasteiger partial charge on any atom is -0.490 e. The molecule has 9 heteroatoms. The second-order valence-corrected chi connectivity index (χ2v) is 8.68. The van der Waals surface area contributed by atoms with E-state index in [1.807, 2.05) is 55.8 Å². The quantitative estimate of drug-likeness (QED) is 0.261. The predicted octanol–water partition coefficient (Wildman–Crippen LogP) is 5.43. The van der Waals surface area contributed by atoms with Gasteiger partial charge >= 0.3 is 0 Å². The minimum atomic E-state index is -0.167. The first-order chi connectivity index (χ1) is 17.1. The minimum absolute atomic E-state index is 0.167. The van der Waals surface area contributed by atoms with E-state index in [9.17, 15) is 4.79 Å². The Kier molecular flexibility index (Phi) is 8.20. The van der Waals surface area contributed by atoms with Gasteiger partial charge < -0.3 is 18.8 Å². The third-order valence-corrected chi connectivity index (χ3v) is 6.33. The fourth-order valence-electron chi connectivity index (χ4n) is 3.76. The van der Waals surface area contributed by atoms with E-state index >= 15 is 0 Å². The molecule has 184 valence electrons. The predicted molar refractivity (Wildman–Crippen MR) is 138 cm³/mol. The van der Waals surface area contributed by atoms with Gasteiger partial charge in [-0.3, -0.25) is 9.69 Å². The molecular weight excluding hydrogens is 464 g/mol. The normalized spacial score (nSPS) is 10.9. The molecule has 0 saturated carbocycles. The molecule has 0 spiro atoms. The topological polar surface area (TPSA) is 78.7 Å². The maximum Gasteiger partial charge on any atom is 0.260 e. The Balaban J connectivity index is 1.70. The van der Waals surface area contributed by atoms with Crippen molar-refractivity contribution >= 4 is 32.6 Å². The van der Waals surface area contributed by atoms with Crippen molar-refractivity contribution < 1.29 is 19.0 Å². The van der Waals surface area contributed by atoms with Crippen LogP contribution in [0.15, 0.2) is 55.1 Å². The van der Waals surface area contributed by atoms with E-state index in [2.05, 4.69) is 4.98 Å². The van der Waals surface area contributed by atoms with Crippen LogP contribution in [0, 0.1) is 0 Å². The van der Waals surface area contributed by atoms with Crippen molar-refractivity contribution in [3.05, 3.63) is 60.7 Å². The van der Waals surface area contributed by atoms with Crippen molar-refractivity contribution in [2.75, 3.05) is 31.3 Å². The summed E-state index contributed by atoms with van der Waals surface area (Å²) >= 11 is 1.50. The largest absolute Gasteiger partial charge is 0.490 e. The highest BCUT2D eigenvalue weighted by molar-refractivity contribution is 7.22. The van der Waals surface area contributed by atoms with Gasteiger partial charge in [0, 0.05) is 31.0 Å². The molecule has 0 N–H and O–H groups in total. The smallest absolute Gasteiger partial charge is 0.260 e. The summed E-state index contributed by atoms with van der Waals surface area (Å²) in [6.45, 7) is 8.28. The highest BCUT2D eigenvalue weighted by Gasteiger charge is 2.25. The molecule has 0 fully saturated rings. The van der Waals surface area contributed by atoms with E-state index in [0.717, 1.165) is 23.2 Å². The number of nitrogens with zero attached hydrogens (tertiary/aromatic N) is 4. The number of anilines is 1. The fraction of sp³-hybridized carbons (Fsp3) is 0.346. The van der Waals surface area contributed by atoms with Crippen molar-refractivity contribution in [1.29, 1.82) is 0 Å². The zero-order valence-corrected chi connectivity index (χ0v) is 21.1. The number of hydrogen-bond acceptors (Lipinski definition) is 7. The zero-order valence-electron chi connectivity index (χ0n) is 20.3. The van der Waals surface area contributed by atoms with Gasteiger partial charge in [-0.05, 0) is 51.5 Å². The van der Waals surface area contributed by atoms with Crippen molar-refractivity contribution in [2.24, 2.45) is 0 Å². The summed E-state index contributed by atoms with van der Waals surface area (Å²) in [7, 11) is 0. The van der Waals surface area contributed by atoms with Gasteiger partial charge in [0.2, 0.25) is 5.75 Å². The maximum absolute atomic E-state index is 13.9. The molecule has 0 aliphatic heterocycles. The van der Waals surface area contributed by atoms with Gasteiger partial charge in [-0.1, -0.05) is 23.5 Å². The molecule has 4 aromatic rings. The number of carbonyl (C=O) groups excluding carboxylic acids is 1. The molecule has 2 aromatic carbocycles. The molecule has 4 rings (SSSR count). The molecular formula is C26H30N4O4S. The van der Waals surface area contributed by atoms with Gasteiger partial charge in [-0.15, -0.1) is 0 Å². The first-order valence-electron chi connectivity index (χ1n) is 11.8. The lowest BCUT2D eigenvalue weighted by Gasteiger charge is -2.22. The van der Waals surface area contributed by atoms with Gasteiger partial charge in [0.15, 0.2) is 16.6 Å². The van der Waals surface area contributed by atoms with Crippen LogP contribution >= 0.6 is 11.3 Å². The summed E-state index contributed by atoms with van der Waals surface area (Å²) in [5, 5.41) is 0.659. The highest BCUT2D eigenvalue weighted by atomic mass is 32.1. The Labute approximate surface area is 209 Å². The zero-order chi connectivity index (χ0) is 24.6. The lowest BCUT2D eigenvalue weighted by Crippen LogP contribution is -2.32. The molecule has 0 bridgehead atoms. The monoisotopic (exact) mass is 494 g/mol. The van der Waals surface area contributed by atoms with Crippen molar-refractivity contribution in [1.82, 2.24) is 14.5 Å². The number of thiazole rings is 1. The van der Waals surface area contributed by atoms with Crippen LogP contribution in [0.5, 0.6) is 17.2 Å². The van der Waals surface area contributed by atoms with Crippen LogP contribution in [-0.4, -0.2) is 46.8 Å². The van der Waals surface area contributed by atoms with Crippen LogP contribution in [-0.2, 0) is 6.54 Å². The molecule has 0 unspecified atom stereocenters. The Morgan fingerprint density at radius 1 is 1.03 bits per heavy atom. The average molecular weight is 495 g/mol. The maximum atomic E-state index is 13.9. The molecule has 35 heavy (non-hydrogen) atoms. The number of para-hydroxylation sites is 1. The summed E-state index contributed by atoms with van der Waals surface area (Å²) in [6.07, 6.45) is 6.19. The van der Waals surface area contributed by atoms with Crippen LogP contribution in [0.3, 0.4) is 0 Å². The van der Waals surface area contributed by atoms with Crippen molar-refractivity contribution in [3.63, 3.8) is 0 Å². The third-order valence-electron chi connectivity index (χ3n) is 5.27. The van der Waals surface area contributed by atoms with E-state index in [0.29, 0.717) is 54.3 Å². The van der Waals surface area contributed by atoms with Crippen molar-refractivity contribution in [2.45, 2.75) is 33.7 Å². The molecule has 8 nitrogen and oxygen atoms in total. The van der Waals surface area contributed by atoms with E-state index in [1.54, 1.807) is 29.6 Å². The number of benzene rings is 2. The lowest BCUT2D eigenvalue weighted by molar-refractivity contribution is 0.0985. The molecule has 2 aromatic heterocycles. The first-order valence-corrected chi connectivity index (χ1v) is 12.7. The number of hydrogen-bond donors (Lipinski definition) is 0.